The third-order valence-corrected chi connectivity index (χ3v) is 5.13. The first-order valence-electron chi connectivity index (χ1n) is 6.67. The van der Waals surface area contributed by atoms with Gasteiger partial charge in [0.15, 0.2) is 0 Å². The van der Waals surface area contributed by atoms with Gasteiger partial charge in [0.1, 0.15) is 0 Å². The van der Waals surface area contributed by atoms with Crippen molar-refractivity contribution in [3.8, 4) is 0 Å². The molecule has 20 heavy (non-hydrogen) atoms. The minimum Gasteiger partial charge on any atom is -0.336 e. The first-order valence-corrected chi connectivity index (χ1v) is 8.98. The molecule has 110 valence electrons. The summed E-state index contributed by atoms with van der Waals surface area (Å²) in [7, 11) is 1.56. The Balaban J connectivity index is 2.31. The van der Waals surface area contributed by atoms with E-state index in [2.05, 4.69) is 0 Å². The highest BCUT2D eigenvalue weighted by atomic mass is 35.7. The van der Waals surface area contributed by atoms with Crippen LogP contribution in [0.15, 0.2) is 23.1 Å². The standard InChI is InChI=1S/C14H18ClNO3S/c1-10-9-12(20(15,18)19)6-7-13(10)14(17)16-8-4-3-5-11(16)2/h6-7,9,11H,3-5,8H2,1-2H3. The number of hydrogen-bond donors (Lipinski definition) is 0. The Morgan fingerprint density at radius 2 is 2.05 bits per heavy atom. The Bertz CT molecular complexity index is 627. The van der Waals surface area contributed by atoms with Gasteiger partial charge in [0.2, 0.25) is 0 Å². The molecule has 1 aromatic rings. The van der Waals surface area contributed by atoms with Crippen molar-refractivity contribution in [2.45, 2.75) is 44.0 Å². The summed E-state index contributed by atoms with van der Waals surface area (Å²) in [6.45, 7) is 4.53. The topological polar surface area (TPSA) is 54.5 Å². The van der Waals surface area contributed by atoms with E-state index >= 15 is 0 Å². The van der Waals surface area contributed by atoms with Gasteiger partial charge < -0.3 is 4.90 Å². The molecule has 2 rings (SSSR count). The fraction of sp³-hybridized carbons (Fsp3) is 0.500. The molecule has 6 heteroatoms. The van der Waals surface area contributed by atoms with Crippen LogP contribution in [0.4, 0.5) is 0 Å². The molecule has 1 atom stereocenters. The smallest absolute Gasteiger partial charge is 0.261 e. The molecule has 1 amide bonds. The van der Waals surface area contributed by atoms with E-state index in [1.54, 1.807) is 13.0 Å². The summed E-state index contributed by atoms with van der Waals surface area (Å²) < 4.78 is 22.6. The van der Waals surface area contributed by atoms with Crippen LogP contribution < -0.4 is 0 Å². The number of rotatable bonds is 2. The molecule has 0 bridgehead atoms. The number of nitrogens with zero attached hydrogens (tertiary/aromatic N) is 1. The lowest BCUT2D eigenvalue weighted by Crippen LogP contribution is -2.42. The molecule has 0 aromatic heterocycles. The number of halogens is 1. The summed E-state index contributed by atoms with van der Waals surface area (Å²) >= 11 is 0. The molecule has 1 unspecified atom stereocenters. The zero-order valence-electron chi connectivity index (χ0n) is 11.6. The van der Waals surface area contributed by atoms with E-state index in [0.29, 0.717) is 11.1 Å². The second kappa shape index (κ2) is 5.74. The van der Waals surface area contributed by atoms with Gasteiger partial charge in [0.05, 0.1) is 4.90 Å². The number of likely N-dealkylation sites (tertiary alicyclic amines) is 1. The zero-order chi connectivity index (χ0) is 14.9. The average molecular weight is 316 g/mol. The van der Waals surface area contributed by atoms with Crippen LogP contribution in [0.1, 0.15) is 42.1 Å². The van der Waals surface area contributed by atoms with Gasteiger partial charge in [-0.2, -0.15) is 0 Å². The number of amides is 1. The summed E-state index contributed by atoms with van der Waals surface area (Å²) in [4.78, 5) is 14.4. The molecule has 0 aliphatic carbocycles. The van der Waals surface area contributed by atoms with E-state index in [1.165, 1.54) is 12.1 Å². The highest BCUT2D eigenvalue weighted by Crippen LogP contribution is 2.23. The van der Waals surface area contributed by atoms with Crippen molar-refractivity contribution in [1.29, 1.82) is 0 Å². The Labute approximate surface area is 124 Å². The Morgan fingerprint density at radius 1 is 1.35 bits per heavy atom. The first kappa shape index (κ1) is 15.3. The highest BCUT2D eigenvalue weighted by molar-refractivity contribution is 8.13. The third-order valence-electron chi connectivity index (χ3n) is 3.77. The van der Waals surface area contributed by atoms with E-state index in [4.69, 9.17) is 10.7 Å². The highest BCUT2D eigenvalue weighted by Gasteiger charge is 2.25. The lowest BCUT2D eigenvalue weighted by Gasteiger charge is -2.33. The minimum absolute atomic E-state index is 0.0277. The second-order valence-electron chi connectivity index (χ2n) is 5.26. The van der Waals surface area contributed by atoms with E-state index in [-0.39, 0.29) is 16.8 Å². The maximum absolute atomic E-state index is 12.5. The molecule has 1 aromatic carbocycles. The van der Waals surface area contributed by atoms with E-state index in [1.807, 2.05) is 11.8 Å². The quantitative estimate of drug-likeness (QED) is 0.788. The number of carbonyl (C=O) groups is 1. The van der Waals surface area contributed by atoms with E-state index < -0.39 is 9.05 Å². The number of carbonyl (C=O) groups excluding carboxylic acids is 1. The summed E-state index contributed by atoms with van der Waals surface area (Å²) in [5.41, 5.74) is 1.18. The SMILES string of the molecule is Cc1cc(S(=O)(=O)Cl)ccc1C(=O)N1CCCCC1C. The summed E-state index contributed by atoms with van der Waals surface area (Å²) in [6.07, 6.45) is 3.18. The summed E-state index contributed by atoms with van der Waals surface area (Å²) in [5.74, 6) is -0.0341. The molecule has 4 nitrogen and oxygen atoms in total. The Morgan fingerprint density at radius 3 is 2.60 bits per heavy atom. The lowest BCUT2D eigenvalue weighted by molar-refractivity contribution is 0.0635. The van der Waals surface area contributed by atoms with Crippen molar-refractivity contribution < 1.29 is 13.2 Å². The zero-order valence-corrected chi connectivity index (χ0v) is 13.2. The van der Waals surface area contributed by atoms with Crippen molar-refractivity contribution in [3.63, 3.8) is 0 Å². The van der Waals surface area contributed by atoms with Gasteiger partial charge in [-0.1, -0.05) is 0 Å². The van der Waals surface area contributed by atoms with Crippen LogP contribution in [0.5, 0.6) is 0 Å². The predicted molar refractivity (Wildman–Crippen MR) is 78.6 cm³/mol. The van der Waals surface area contributed by atoms with Crippen molar-refractivity contribution in [1.82, 2.24) is 4.90 Å². The van der Waals surface area contributed by atoms with E-state index in [9.17, 15) is 13.2 Å². The molecule has 1 fully saturated rings. The van der Waals surface area contributed by atoms with Gasteiger partial charge in [0, 0.05) is 28.8 Å². The van der Waals surface area contributed by atoms with Crippen molar-refractivity contribution in [2.24, 2.45) is 0 Å². The summed E-state index contributed by atoms with van der Waals surface area (Å²) in [6, 6.07) is 4.61. The molecule has 0 N–H and O–H groups in total. The average Bonchev–Trinajstić information content (AvgIpc) is 2.37. The fourth-order valence-corrected chi connectivity index (χ4v) is 3.42. The molecule has 0 saturated carbocycles. The molecular weight excluding hydrogens is 298 g/mol. The fourth-order valence-electron chi connectivity index (χ4n) is 2.58. The van der Waals surface area contributed by atoms with Gasteiger partial charge in [-0.05, 0) is 56.9 Å². The lowest BCUT2D eigenvalue weighted by atomic mass is 10.0. The van der Waals surface area contributed by atoms with Crippen molar-refractivity contribution in [3.05, 3.63) is 29.3 Å². The van der Waals surface area contributed by atoms with Gasteiger partial charge in [-0.25, -0.2) is 8.42 Å². The summed E-state index contributed by atoms with van der Waals surface area (Å²) in [5, 5.41) is 0. The number of hydrogen-bond acceptors (Lipinski definition) is 3. The van der Waals surface area contributed by atoms with Crippen LogP contribution in [-0.2, 0) is 9.05 Å². The molecule has 1 heterocycles. The number of aryl methyl sites for hydroxylation is 1. The third kappa shape index (κ3) is 3.15. The molecular formula is C14H18ClNO3S. The van der Waals surface area contributed by atoms with Crippen LogP contribution in [0.3, 0.4) is 0 Å². The van der Waals surface area contributed by atoms with Crippen LogP contribution in [0.2, 0.25) is 0 Å². The first-order chi connectivity index (χ1) is 9.30. The van der Waals surface area contributed by atoms with E-state index in [0.717, 1.165) is 25.8 Å². The maximum atomic E-state index is 12.5. The van der Waals surface area contributed by atoms with Gasteiger partial charge in [-0.3, -0.25) is 4.79 Å². The molecule has 1 aliphatic heterocycles. The number of piperidine rings is 1. The molecule has 1 aliphatic rings. The minimum atomic E-state index is -3.76. The van der Waals surface area contributed by atoms with Gasteiger partial charge in [0.25, 0.3) is 15.0 Å². The molecule has 0 radical (unpaired) electrons. The van der Waals surface area contributed by atoms with Crippen LogP contribution in [0, 0.1) is 6.92 Å². The molecule has 0 spiro atoms. The Hall–Kier alpha value is -1.07. The maximum Gasteiger partial charge on any atom is 0.261 e. The largest absolute Gasteiger partial charge is 0.336 e. The van der Waals surface area contributed by atoms with Crippen molar-refractivity contribution in [2.75, 3.05) is 6.54 Å². The monoisotopic (exact) mass is 315 g/mol. The van der Waals surface area contributed by atoms with Crippen LogP contribution in [0.25, 0.3) is 0 Å². The number of benzene rings is 1. The van der Waals surface area contributed by atoms with Gasteiger partial charge >= 0.3 is 0 Å². The van der Waals surface area contributed by atoms with Gasteiger partial charge in [-0.15, -0.1) is 0 Å². The second-order valence-corrected chi connectivity index (χ2v) is 7.82. The predicted octanol–water partition coefficient (Wildman–Crippen LogP) is 2.94. The van der Waals surface area contributed by atoms with Crippen LogP contribution in [-0.4, -0.2) is 31.8 Å². The molecule has 1 saturated heterocycles. The normalized spacial score (nSPS) is 19.9. The van der Waals surface area contributed by atoms with Crippen molar-refractivity contribution >= 4 is 25.6 Å². The Kier molecular flexibility index (Phi) is 4.39. The van der Waals surface area contributed by atoms with Crippen LogP contribution >= 0.6 is 10.7 Å².